The Balaban J connectivity index is 1.54. The minimum Gasteiger partial charge on any atom is -0.467 e. The standard InChI is InChI=1S/C41H56N2O10/c1-23(2)16-27-18-35(45)52-37-36(53-40(47)41(37,7)22-44)26(6)11-12-28-13-14-31(42-28)38-43-32(34(51-38)21-50-39(27)46)19-29-30(25(5)10-9-15-48-8)20-49-33(29)17-24(3)4/h11,13-14,18-19,23-24,32-34,36-37,42,44H,9-10,12,15-17,20-22H2,1-8H3. The van der Waals surface area contributed by atoms with Gasteiger partial charge >= 0.3 is 17.9 Å². The highest BCUT2D eigenvalue weighted by Crippen LogP contribution is 2.40. The number of methoxy groups -OCH3 is 1. The van der Waals surface area contributed by atoms with Crippen molar-refractivity contribution in [2.45, 2.75) is 111 Å². The molecule has 12 nitrogen and oxygen atoms in total. The van der Waals surface area contributed by atoms with Gasteiger partial charge in [0.05, 0.1) is 19.3 Å². The second kappa shape index (κ2) is 17.4. The van der Waals surface area contributed by atoms with E-state index in [2.05, 4.69) is 31.8 Å². The Morgan fingerprint density at radius 1 is 1.13 bits per heavy atom. The number of hydrogen-bond acceptors (Lipinski definition) is 11. The number of fused-ring (bicyclic) bond motifs is 6. The molecule has 4 aliphatic heterocycles. The van der Waals surface area contributed by atoms with E-state index in [0.29, 0.717) is 42.7 Å². The number of cyclic esters (lactones) is 1. The summed E-state index contributed by atoms with van der Waals surface area (Å²) in [7, 11) is 1.71. The molecule has 6 atom stereocenters. The van der Waals surface area contributed by atoms with Gasteiger partial charge in [-0.15, -0.1) is 0 Å². The zero-order chi connectivity index (χ0) is 38.4. The van der Waals surface area contributed by atoms with Gasteiger partial charge in [-0.25, -0.2) is 14.6 Å². The largest absolute Gasteiger partial charge is 0.467 e. The summed E-state index contributed by atoms with van der Waals surface area (Å²) in [6.45, 7) is 14.1. The van der Waals surface area contributed by atoms with Crippen LogP contribution in [0.25, 0.3) is 0 Å². The van der Waals surface area contributed by atoms with Crippen molar-refractivity contribution in [3.8, 4) is 0 Å². The van der Waals surface area contributed by atoms with E-state index in [1.165, 1.54) is 12.5 Å². The van der Waals surface area contributed by atoms with Crippen LogP contribution in [0.2, 0.25) is 0 Å². The third-order valence-electron chi connectivity index (χ3n) is 10.3. The Kier molecular flexibility index (Phi) is 13.2. The lowest BCUT2D eigenvalue weighted by Crippen LogP contribution is -2.43. The van der Waals surface area contributed by atoms with Crippen LogP contribution in [0.5, 0.6) is 0 Å². The number of aliphatic hydroxyl groups is 1. The van der Waals surface area contributed by atoms with Crippen LogP contribution in [0.3, 0.4) is 0 Å². The first-order chi connectivity index (χ1) is 25.2. The topological polar surface area (TPSA) is 155 Å². The van der Waals surface area contributed by atoms with Gasteiger partial charge in [0.25, 0.3) is 0 Å². The molecular weight excluding hydrogens is 680 g/mol. The van der Waals surface area contributed by atoms with Gasteiger partial charge < -0.3 is 38.5 Å². The van der Waals surface area contributed by atoms with Gasteiger partial charge in [0.15, 0.2) is 18.3 Å². The summed E-state index contributed by atoms with van der Waals surface area (Å²) in [6.07, 6.45) is 5.63. The lowest BCUT2D eigenvalue weighted by atomic mass is 9.83. The van der Waals surface area contributed by atoms with Gasteiger partial charge in [0.1, 0.15) is 23.8 Å². The van der Waals surface area contributed by atoms with Crippen molar-refractivity contribution >= 4 is 23.8 Å². The van der Waals surface area contributed by atoms with Gasteiger partial charge in [-0.2, -0.15) is 0 Å². The van der Waals surface area contributed by atoms with Gasteiger partial charge in [0.2, 0.25) is 5.90 Å². The van der Waals surface area contributed by atoms with Gasteiger partial charge in [-0.05, 0) is 93.2 Å². The van der Waals surface area contributed by atoms with Crippen molar-refractivity contribution in [2.75, 3.05) is 33.5 Å². The molecule has 6 unspecified atom stereocenters. The Hall–Kier alpha value is -4.00. The highest BCUT2D eigenvalue weighted by molar-refractivity contribution is 5.97. The third-order valence-corrected chi connectivity index (χ3v) is 10.3. The van der Waals surface area contributed by atoms with Gasteiger partial charge in [-0.3, -0.25) is 4.79 Å². The summed E-state index contributed by atoms with van der Waals surface area (Å²) in [5, 5.41) is 10.2. The molecule has 0 amide bonds. The minimum atomic E-state index is -1.49. The van der Waals surface area contributed by atoms with Crippen LogP contribution in [-0.2, 0) is 49.2 Å². The van der Waals surface area contributed by atoms with Crippen LogP contribution in [0.1, 0.15) is 85.5 Å². The van der Waals surface area contributed by atoms with Gasteiger partial charge in [-0.1, -0.05) is 39.3 Å². The Bertz CT molecular complexity index is 1680. The van der Waals surface area contributed by atoms with Crippen molar-refractivity contribution in [3.05, 3.63) is 69.6 Å². The number of nitrogens with zero attached hydrogens (tertiary/aromatic N) is 1. The molecule has 0 aromatic carbocycles. The lowest BCUT2D eigenvalue weighted by Gasteiger charge is -2.27. The number of allylic oxidation sites excluding steroid dienone is 2. The molecule has 5 rings (SSSR count). The SMILES string of the molecule is COCCCC(C)=C1COC(CC(C)C)C1=CC1N=C2OC1COC(=O)C(CC(C)C)=CC(=O)OC1C(OC(=O)C1(C)CO)C(C)=CCc1ccc2[nH]1. The molecule has 290 valence electrons. The first kappa shape index (κ1) is 40.2. The number of ether oxygens (including phenoxy) is 6. The van der Waals surface area contributed by atoms with Crippen molar-refractivity contribution in [1.82, 2.24) is 4.98 Å². The van der Waals surface area contributed by atoms with Crippen LogP contribution in [0, 0.1) is 17.3 Å². The van der Waals surface area contributed by atoms with Crippen LogP contribution in [0.4, 0.5) is 0 Å². The van der Waals surface area contributed by atoms with E-state index >= 15 is 0 Å². The number of aromatic amines is 1. The van der Waals surface area contributed by atoms with Crippen molar-refractivity contribution in [1.29, 1.82) is 0 Å². The summed E-state index contributed by atoms with van der Waals surface area (Å²) in [6, 6.07) is 3.32. The van der Waals surface area contributed by atoms with E-state index in [9.17, 15) is 19.5 Å². The second-order valence-electron chi connectivity index (χ2n) is 15.7. The molecule has 1 aromatic rings. The molecule has 1 aromatic heterocycles. The monoisotopic (exact) mass is 736 g/mol. The number of aliphatic hydroxyl groups excluding tert-OH is 1. The summed E-state index contributed by atoms with van der Waals surface area (Å²) >= 11 is 0. The molecule has 53 heavy (non-hydrogen) atoms. The summed E-state index contributed by atoms with van der Waals surface area (Å²) in [5.41, 5.74) is 4.28. The predicted octanol–water partition coefficient (Wildman–Crippen LogP) is 5.50. The zero-order valence-electron chi connectivity index (χ0n) is 32.4. The van der Waals surface area contributed by atoms with E-state index < -0.39 is 54.3 Å². The number of H-pyrrole nitrogens is 1. The fraction of sp³-hybridized carbons (Fsp3) is 0.610. The molecule has 0 aliphatic carbocycles. The maximum absolute atomic E-state index is 13.7. The number of carbonyl (C=O) groups excluding carboxylic acids is 3. The summed E-state index contributed by atoms with van der Waals surface area (Å²) in [5.74, 6) is -1.39. The van der Waals surface area contributed by atoms with Crippen molar-refractivity contribution in [2.24, 2.45) is 22.2 Å². The Labute approximate surface area is 312 Å². The van der Waals surface area contributed by atoms with Crippen molar-refractivity contribution in [3.63, 3.8) is 0 Å². The molecular formula is C41H56N2O10. The van der Waals surface area contributed by atoms with Crippen LogP contribution in [0.15, 0.2) is 63.2 Å². The number of rotatable bonds is 10. The number of esters is 3. The number of aromatic nitrogens is 1. The first-order valence-corrected chi connectivity index (χ1v) is 18.7. The van der Waals surface area contributed by atoms with E-state index in [0.717, 1.165) is 42.2 Å². The average molecular weight is 737 g/mol. The smallest absolute Gasteiger partial charge is 0.334 e. The molecule has 0 saturated carbocycles. The number of carbonyl (C=O) groups is 3. The molecule has 2 N–H and O–H groups in total. The molecule has 12 heteroatoms. The highest BCUT2D eigenvalue weighted by Gasteiger charge is 2.57. The number of nitrogens with one attached hydrogen (secondary N) is 1. The molecule has 2 saturated heterocycles. The maximum atomic E-state index is 13.7. The van der Waals surface area contributed by atoms with E-state index in [1.54, 1.807) is 14.0 Å². The van der Waals surface area contributed by atoms with Crippen LogP contribution in [-0.4, -0.2) is 97.9 Å². The summed E-state index contributed by atoms with van der Waals surface area (Å²) in [4.78, 5) is 48.5. The van der Waals surface area contributed by atoms with Crippen LogP contribution >= 0.6 is 0 Å². The zero-order valence-corrected chi connectivity index (χ0v) is 32.4. The highest BCUT2D eigenvalue weighted by atomic mass is 16.6. The molecule has 0 radical (unpaired) electrons. The maximum Gasteiger partial charge on any atom is 0.334 e. The van der Waals surface area contributed by atoms with E-state index in [-0.39, 0.29) is 30.6 Å². The third kappa shape index (κ3) is 9.39. The average Bonchev–Trinajstić information content (AvgIpc) is 3.89. The van der Waals surface area contributed by atoms with Crippen LogP contribution < -0.4 is 0 Å². The molecule has 4 bridgehead atoms. The molecule has 4 aliphatic rings. The van der Waals surface area contributed by atoms with Gasteiger partial charge in [0, 0.05) is 37.5 Å². The summed E-state index contributed by atoms with van der Waals surface area (Å²) < 4.78 is 35.5. The Morgan fingerprint density at radius 3 is 2.60 bits per heavy atom. The quantitative estimate of drug-likeness (QED) is 0.136. The fourth-order valence-electron chi connectivity index (χ4n) is 7.15. The normalized spacial score (nSPS) is 29.9. The predicted molar refractivity (Wildman–Crippen MR) is 198 cm³/mol. The number of aliphatic imine (C=N–C) groups is 1. The second-order valence-corrected chi connectivity index (χ2v) is 15.7. The van der Waals surface area contributed by atoms with Crippen molar-refractivity contribution < 1.29 is 47.9 Å². The number of hydrogen-bond donors (Lipinski definition) is 2. The molecule has 2 fully saturated rings. The molecule has 0 spiro atoms. The molecule has 5 heterocycles. The fourth-order valence-corrected chi connectivity index (χ4v) is 7.15. The first-order valence-electron chi connectivity index (χ1n) is 18.7. The minimum absolute atomic E-state index is 0.00583. The van der Waals surface area contributed by atoms with E-state index in [1.807, 2.05) is 32.1 Å². The van der Waals surface area contributed by atoms with E-state index in [4.69, 9.17) is 33.4 Å². The lowest BCUT2D eigenvalue weighted by molar-refractivity contribution is -0.153. The Morgan fingerprint density at radius 2 is 1.91 bits per heavy atom.